The number of sulfonamides is 1. The molecule has 1 aromatic rings. The van der Waals surface area contributed by atoms with Gasteiger partial charge < -0.3 is 0 Å². The second-order valence-electron chi connectivity index (χ2n) is 4.10. The quantitative estimate of drug-likeness (QED) is 0.685. The molecule has 1 aromatic carbocycles. The van der Waals surface area contributed by atoms with Crippen molar-refractivity contribution in [2.45, 2.75) is 12.8 Å². The van der Waals surface area contributed by atoms with Crippen molar-refractivity contribution in [2.24, 2.45) is 4.40 Å². The molecule has 1 aliphatic heterocycles. The minimum atomic E-state index is -3.55. The van der Waals surface area contributed by atoms with Gasteiger partial charge in [0.15, 0.2) is 0 Å². The lowest BCUT2D eigenvalue weighted by Gasteiger charge is -2.09. The summed E-state index contributed by atoms with van der Waals surface area (Å²) in [5.74, 6) is 0. The van der Waals surface area contributed by atoms with Gasteiger partial charge in [0, 0.05) is 5.22 Å². The first-order valence-electron chi connectivity index (χ1n) is 5.48. The molecule has 1 heterocycles. The Balaban J connectivity index is 2.44. The van der Waals surface area contributed by atoms with Crippen molar-refractivity contribution in [2.75, 3.05) is 0 Å². The number of fused-ring (bicyclic) bond motifs is 1. The normalized spacial score (nSPS) is 20.7. The molecule has 0 spiro atoms. The lowest BCUT2D eigenvalue weighted by atomic mass is 10.0. The van der Waals surface area contributed by atoms with Crippen LogP contribution < -0.4 is 10.6 Å². The van der Waals surface area contributed by atoms with E-state index in [1.807, 2.05) is 24.3 Å². The van der Waals surface area contributed by atoms with Crippen LogP contribution in [0.25, 0.3) is 6.08 Å². The van der Waals surface area contributed by atoms with E-state index in [9.17, 15) is 8.42 Å². The van der Waals surface area contributed by atoms with Gasteiger partial charge >= 0.3 is 0 Å². The van der Waals surface area contributed by atoms with Gasteiger partial charge in [-0.1, -0.05) is 24.3 Å². The van der Waals surface area contributed by atoms with Gasteiger partial charge in [-0.25, -0.2) is 0 Å². The fraction of sp³-hybridized carbons (Fsp3) is 0.154. The van der Waals surface area contributed by atoms with Crippen molar-refractivity contribution in [3.05, 3.63) is 57.5 Å². The maximum absolute atomic E-state index is 12.1. The first kappa shape index (κ1) is 10.5. The molecule has 4 heteroatoms. The lowest BCUT2D eigenvalue weighted by Crippen LogP contribution is -2.24. The second kappa shape index (κ2) is 3.67. The van der Waals surface area contributed by atoms with E-state index in [1.165, 1.54) is 0 Å². The third-order valence-electron chi connectivity index (χ3n) is 2.93. The molecule has 17 heavy (non-hydrogen) atoms. The fourth-order valence-electron chi connectivity index (χ4n) is 2.11. The van der Waals surface area contributed by atoms with Crippen molar-refractivity contribution in [3.63, 3.8) is 0 Å². The van der Waals surface area contributed by atoms with E-state index in [0.717, 1.165) is 23.6 Å². The van der Waals surface area contributed by atoms with Gasteiger partial charge in [0.1, 0.15) is 0 Å². The molecule has 0 bridgehead atoms. The minimum Gasteiger partial charge on any atom is -0.199 e. The highest BCUT2D eigenvalue weighted by atomic mass is 32.2. The summed E-state index contributed by atoms with van der Waals surface area (Å²) in [6.07, 6.45) is 7.12. The number of benzene rings is 1. The number of hydrogen-bond acceptors (Lipinski definition) is 2. The highest BCUT2D eigenvalue weighted by Gasteiger charge is 2.21. The summed E-state index contributed by atoms with van der Waals surface area (Å²) in [5.41, 5.74) is 0.862. The molecule has 1 aliphatic carbocycles. The summed E-state index contributed by atoms with van der Waals surface area (Å²) >= 11 is 0. The van der Waals surface area contributed by atoms with Crippen LogP contribution in [-0.2, 0) is 10.0 Å². The van der Waals surface area contributed by atoms with Crippen molar-refractivity contribution in [1.82, 2.24) is 0 Å². The van der Waals surface area contributed by atoms with E-state index in [1.54, 1.807) is 18.2 Å². The van der Waals surface area contributed by atoms with Gasteiger partial charge in [-0.3, -0.25) is 0 Å². The molecular weight excluding hydrogens is 234 g/mol. The van der Waals surface area contributed by atoms with Crippen molar-refractivity contribution in [1.29, 1.82) is 0 Å². The summed E-state index contributed by atoms with van der Waals surface area (Å²) in [6.45, 7) is 0. The SMILES string of the molecule is O=S1(=O)N=c2ccccc2=CC2=C1C=CCC2. The number of allylic oxidation sites excluding steroid dienone is 3. The minimum absolute atomic E-state index is 0.347. The predicted octanol–water partition coefficient (Wildman–Crippen LogP) is 1.03. The van der Waals surface area contributed by atoms with E-state index in [4.69, 9.17) is 0 Å². The van der Waals surface area contributed by atoms with Gasteiger partial charge in [0.25, 0.3) is 10.0 Å². The standard InChI is InChI=1S/C13H11NO2S/c15-17(16)13-8-4-2-6-11(13)9-10-5-1-3-7-12(10)14-17/h1,3-5,7-9H,2,6H2. The van der Waals surface area contributed by atoms with Gasteiger partial charge in [-0.05, 0) is 36.6 Å². The molecule has 0 atom stereocenters. The largest absolute Gasteiger partial charge is 0.283 e. The maximum atomic E-state index is 12.1. The van der Waals surface area contributed by atoms with Crippen LogP contribution in [0.15, 0.2) is 51.3 Å². The smallest absolute Gasteiger partial charge is 0.199 e. The molecule has 0 unspecified atom stereocenters. The van der Waals surface area contributed by atoms with E-state index in [2.05, 4.69) is 4.40 Å². The van der Waals surface area contributed by atoms with E-state index in [-0.39, 0.29) is 0 Å². The van der Waals surface area contributed by atoms with Crippen LogP contribution in [0.5, 0.6) is 0 Å². The lowest BCUT2D eigenvalue weighted by molar-refractivity contribution is 0.603. The molecule has 0 amide bonds. The topological polar surface area (TPSA) is 46.5 Å². The average Bonchev–Trinajstić information content (AvgIpc) is 2.42. The second-order valence-corrected chi connectivity index (χ2v) is 5.67. The highest BCUT2D eigenvalue weighted by molar-refractivity contribution is 7.94. The van der Waals surface area contributed by atoms with Gasteiger partial charge in [-0.2, -0.15) is 12.8 Å². The van der Waals surface area contributed by atoms with E-state index in [0.29, 0.717) is 10.3 Å². The number of rotatable bonds is 0. The van der Waals surface area contributed by atoms with Crippen molar-refractivity contribution >= 4 is 16.1 Å². The van der Waals surface area contributed by atoms with Gasteiger partial charge in [0.2, 0.25) is 0 Å². The molecule has 0 saturated carbocycles. The molecule has 0 radical (unpaired) electrons. The molecule has 0 aromatic heterocycles. The summed E-state index contributed by atoms with van der Waals surface area (Å²) in [7, 11) is -3.55. The molecule has 0 N–H and O–H groups in total. The molecule has 3 nitrogen and oxygen atoms in total. The van der Waals surface area contributed by atoms with Crippen LogP contribution in [0.4, 0.5) is 0 Å². The van der Waals surface area contributed by atoms with Gasteiger partial charge in [-0.15, -0.1) is 0 Å². The Kier molecular flexibility index (Phi) is 2.26. The summed E-state index contributed by atoms with van der Waals surface area (Å²) in [6, 6.07) is 7.31. The molecule has 2 aliphatic rings. The summed E-state index contributed by atoms with van der Waals surface area (Å²) < 4.78 is 28.1. The predicted molar refractivity (Wildman–Crippen MR) is 66.0 cm³/mol. The van der Waals surface area contributed by atoms with Crippen LogP contribution >= 0.6 is 0 Å². The van der Waals surface area contributed by atoms with Gasteiger partial charge in [0.05, 0.1) is 10.3 Å². The molecule has 0 saturated heterocycles. The number of hydrogen-bond donors (Lipinski definition) is 0. The monoisotopic (exact) mass is 245 g/mol. The third kappa shape index (κ3) is 1.74. The van der Waals surface area contributed by atoms with Crippen molar-refractivity contribution in [3.8, 4) is 0 Å². The van der Waals surface area contributed by atoms with Crippen LogP contribution in [0.2, 0.25) is 0 Å². The van der Waals surface area contributed by atoms with Crippen LogP contribution in [0.1, 0.15) is 12.8 Å². The maximum Gasteiger partial charge on any atom is 0.283 e. The Morgan fingerprint density at radius 2 is 2.00 bits per heavy atom. The summed E-state index contributed by atoms with van der Waals surface area (Å²) in [4.78, 5) is 0.347. The first-order valence-corrected chi connectivity index (χ1v) is 6.92. The Morgan fingerprint density at radius 1 is 1.18 bits per heavy atom. The van der Waals surface area contributed by atoms with Crippen molar-refractivity contribution < 1.29 is 8.42 Å². The fourth-order valence-corrected chi connectivity index (χ4v) is 3.40. The Hall–Kier alpha value is -1.68. The molecule has 0 fully saturated rings. The van der Waals surface area contributed by atoms with Crippen LogP contribution in [0, 0.1) is 0 Å². The van der Waals surface area contributed by atoms with Crippen LogP contribution in [-0.4, -0.2) is 8.42 Å². The third-order valence-corrected chi connectivity index (χ3v) is 4.32. The molecular formula is C13H11NO2S. The zero-order chi connectivity index (χ0) is 11.9. The average molecular weight is 245 g/mol. The van der Waals surface area contributed by atoms with E-state index < -0.39 is 10.0 Å². The van der Waals surface area contributed by atoms with Crippen LogP contribution in [0.3, 0.4) is 0 Å². The molecule has 86 valence electrons. The highest BCUT2D eigenvalue weighted by Crippen LogP contribution is 2.25. The first-order chi connectivity index (χ1) is 8.17. The zero-order valence-electron chi connectivity index (χ0n) is 9.13. The molecule has 3 rings (SSSR count). The number of nitrogens with zero attached hydrogens (tertiary/aromatic N) is 1. The summed E-state index contributed by atoms with van der Waals surface area (Å²) in [5, 5.41) is 1.40. The zero-order valence-corrected chi connectivity index (χ0v) is 9.94. The Bertz CT molecular complexity index is 755. The Morgan fingerprint density at radius 3 is 2.88 bits per heavy atom. The van der Waals surface area contributed by atoms with E-state index >= 15 is 0 Å². The Labute approximate surface area is 99.6 Å².